The fourth-order valence-electron chi connectivity index (χ4n) is 2.62. The third-order valence-electron chi connectivity index (χ3n) is 4.05. The molecule has 0 radical (unpaired) electrons. The molecule has 0 aromatic heterocycles. The molecule has 2 aromatic rings. The predicted molar refractivity (Wildman–Crippen MR) is 111 cm³/mol. The summed E-state index contributed by atoms with van der Waals surface area (Å²) in [6.07, 6.45) is 1.91. The van der Waals surface area contributed by atoms with Gasteiger partial charge in [-0.05, 0) is 42.5 Å². The Morgan fingerprint density at radius 3 is 2.52 bits per heavy atom. The number of halogens is 1. The molecule has 6 nitrogen and oxygen atoms in total. The van der Waals surface area contributed by atoms with Crippen molar-refractivity contribution in [1.29, 1.82) is 0 Å². The molecule has 2 aromatic carbocycles. The summed E-state index contributed by atoms with van der Waals surface area (Å²) in [5, 5.41) is 0.0394. The van der Waals surface area contributed by atoms with E-state index in [1.54, 1.807) is 43.5 Å². The average molecular weight is 435 g/mol. The largest absolute Gasteiger partial charge is 0.385 e. The number of benzene rings is 2. The molecular weight excluding hydrogens is 415 g/mol. The lowest BCUT2D eigenvalue weighted by atomic mass is 10.2. The third kappa shape index (κ3) is 5.11. The highest BCUT2D eigenvalue weighted by molar-refractivity contribution is 8.19. The Balaban J connectivity index is 1.97. The summed E-state index contributed by atoms with van der Waals surface area (Å²) in [5.41, 5.74) is 0.243. The van der Waals surface area contributed by atoms with Gasteiger partial charge in [0.25, 0.3) is 15.9 Å². The number of rotatable bonds is 7. The zero-order valence-electron chi connectivity index (χ0n) is 15.6. The van der Waals surface area contributed by atoms with Crippen molar-refractivity contribution < 1.29 is 22.3 Å². The van der Waals surface area contributed by atoms with Gasteiger partial charge in [0.05, 0.1) is 9.80 Å². The normalized spacial score (nSPS) is 17.4. The molecule has 29 heavy (non-hydrogen) atoms. The molecule has 1 amide bonds. The summed E-state index contributed by atoms with van der Waals surface area (Å²) in [7, 11) is -2.45. The molecule has 0 aliphatic carbocycles. The first-order chi connectivity index (χ1) is 13.9. The molecule has 0 bridgehead atoms. The van der Waals surface area contributed by atoms with E-state index in [1.165, 1.54) is 29.2 Å². The van der Waals surface area contributed by atoms with Crippen LogP contribution in [0.25, 0.3) is 6.08 Å². The van der Waals surface area contributed by atoms with Crippen molar-refractivity contribution in [2.24, 2.45) is 4.40 Å². The van der Waals surface area contributed by atoms with E-state index >= 15 is 0 Å². The van der Waals surface area contributed by atoms with Crippen LogP contribution in [0.5, 0.6) is 0 Å². The van der Waals surface area contributed by atoms with Crippen LogP contribution in [-0.2, 0) is 19.6 Å². The molecule has 1 saturated heterocycles. The first-order valence-corrected chi connectivity index (χ1v) is 11.0. The zero-order valence-corrected chi connectivity index (χ0v) is 17.2. The Hall–Kier alpha value is -2.49. The van der Waals surface area contributed by atoms with Crippen molar-refractivity contribution in [2.45, 2.75) is 11.3 Å². The van der Waals surface area contributed by atoms with Crippen molar-refractivity contribution in [2.75, 3.05) is 20.3 Å². The number of sulfonamides is 1. The molecule has 9 heteroatoms. The highest BCUT2D eigenvalue weighted by atomic mass is 32.2. The molecule has 152 valence electrons. The quantitative estimate of drug-likeness (QED) is 0.492. The van der Waals surface area contributed by atoms with E-state index in [1.807, 2.05) is 0 Å². The van der Waals surface area contributed by atoms with Gasteiger partial charge in [0.2, 0.25) is 0 Å². The fourth-order valence-corrected chi connectivity index (χ4v) is 4.84. The van der Waals surface area contributed by atoms with E-state index < -0.39 is 21.7 Å². The van der Waals surface area contributed by atoms with Crippen LogP contribution >= 0.6 is 11.8 Å². The van der Waals surface area contributed by atoms with Crippen molar-refractivity contribution in [3.63, 3.8) is 0 Å². The molecule has 0 unspecified atom stereocenters. The molecule has 1 aliphatic heterocycles. The SMILES string of the molecule is COCCCN1C(=O)C(=Cc2ccccc2F)SC1=NS(=O)(=O)c1ccccc1. The molecule has 1 aliphatic rings. The molecule has 3 rings (SSSR count). The smallest absolute Gasteiger partial charge is 0.284 e. The fraction of sp³-hybridized carbons (Fsp3) is 0.200. The lowest BCUT2D eigenvalue weighted by Gasteiger charge is -2.15. The van der Waals surface area contributed by atoms with Gasteiger partial charge in [-0.2, -0.15) is 8.42 Å². The minimum atomic E-state index is -3.99. The lowest BCUT2D eigenvalue weighted by molar-refractivity contribution is -0.122. The van der Waals surface area contributed by atoms with Gasteiger partial charge in [-0.25, -0.2) is 4.39 Å². The van der Waals surface area contributed by atoms with E-state index in [0.717, 1.165) is 11.8 Å². The van der Waals surface area contributed by atoms with Gasteiger partial charge in [0.1, 0.15) is 5.82 Å². The second kappa shape index (κ2) is 9.34. The number of carbonyl (C=O) groups excluding carboxylic acids is 1. The minimum absolute atomic E-state index is 0.0314. The Bertz CT molecular complexity index is 1050. The van der Waals surface area contributed by atoms with E-state index in [0.29, 0.717) is 13.0 Å². The number of hydrogen-bond acceptors (Lipinski definition) is 5. The lowest BCUT2D eigenvalue weighted by Crippen LogP contribution is -2.31. The van der Waals surface area contributed by atoms with Crippen LogP contribution in [0, 0.1) is 5.82 Å². The second-order valence-corrected chi connectivity index (χ2v) is 8.71. The number of hydrogen-bond donors (Lipinski definition) is 0. The van der Waals surface area contributed by atoms with Crippen LogP contribution in [-0.4, -0.2) is 44.7 Å². The van der Waals surface area contributed by atoms with Crippen molar-refractivity contribution >= 4 is 38.9 Å². The Morgan fingerprint density at radius 1 is 1.14 bits per heavy atom. The molecule has 0 atom stereocenters. The number of thioether (sulfide) groups is 1. The van der Waals surface area contributed by atoms with Crippen LogP contribution in [0.1, 0.15) is 12.0 Å². The van der Waals surface area contributed by atoms with Gasteiger partial charge in [-0.3, -0.25) is 9.69 Å². The monoisotopic (exact) mass is 434 g/mol. The average Bonchev–Trinajstić information content (AvgIpc) is 2.99. The summed E-state index contributed by atoms with van der Waals surface area (Å²) in [6, 6.07) is 13.8. The van der Waals surface area contributed by atoms with Crippen molar-refractivity contribution in [3.05, 3.63) is 70.9 Å². The second-order valence-electron chi connectivity index (χ2n) is 6.10. The predicted octanol–water partition coefficient (Wildman–Crippen LogP) is 3.52. The summed E-state index contributed by atoms with van der Waals surface area (Å²) in [5.74, 6) is -0.891. The maximum atomic E-state index is 14.0. The zero-order chi connectivity index (χ0) is 20.9. The summed E-state index contributed by atoms with van der Waals surface area (Å²) in [4.78, 5) is 14.4. The van der Waals surface area contributed by atoms with Gasteiger partial charge in [0.15, 0.2) is 5.17 Å². The van der Waals surface area contributed by atoms with Crippen LogP contribution < -0.4 is 0 Å². The van der Waals surface area contributed by atoms with Crippen LogP contribution in [0.15, 0.2) is 68.8 Å². The number of methoxy groups -OCH3 is 1. The summed E-state index contributed by atoms with van der Waals surface area (Å²) >= 11 is 0.911. The number of ether oxygens (including phenoxy) is 1. The Labute approximate surface area is 173 Å². The van der Waals surface area contributed by atoms with Crippen LogP contribution in [0.4, 0.5) is 4.39 Å². The highest BCUT2D eigenvalue weighted by Gasteiger charge is 2.34. The Morgan fingerprint density at radius 2 is 1.83 bits per heavy atom. The summed E-state index contributed by atoms with van der Waals surface area (Å²) < 4.78 is 48.2. The van der Waals surface area contributed by atoms with Crippen molar-refractivity contribution in [1.82, 2.24) is 4.90 Å². The number of carbonyl (C=O) groups is 1. The van der Waals surface area contributed by atoms with Gasteiger partial charge < -0.3 is 4.74 Å². The summed E-state index contributed by atoms with van der Waals surface area (Å²) in [6.45, 7) is 0.636. The van der Waals surface area contributed by atoms with Gasteiger partial charge >= 0.3 is 0 Å². The van der Waals surface area contributed by atoms with E-state index in [-0.39, 0.29) is 27.1 Å². The van der Waals surface area contributed by atoms with Crippen molar-refractivity contribution in [3.8, 4) is 0 Å². The van der Waals surface area contributed by atoms with Gasteiger partial charge in [0, 0.05) is 25.8 Å². The Kier molecular flexibility index (Phi) is 6.83. The molecule has 0 spiro atoms. The maximum Gasteiger partial charge on any atom is 0.284 e. The van der Waals surface area contributed by atoms with E-state index in [2.05, 4.69) is 4.40 Å². The first kappa shape index (κ1) is 21.2. The third-order valence-corrected chi connectivity index (χ3v) is 6.45. The minimum Gasteiger partial charge on any atom is -0.385 e. The number of nitrogens with zero attached hydrogens (tertiary/aromatic N) is 2. The maximum absolute atomic E-state index is 14.0. The highest BCUT2D eigenvalue weighted by Crippen LogP contribution is 2.34. The van der Waals surface area contributed by atoms with Crippen LogP contribution in [0.3, 0.4) is 0 Å². The van der Waals surface area contributed by atoms with E-state index in [9.17, 15) is 17.6 Å². The molecular formula is C20H19FN2O4S2. The number of amidine groups is 1. The van der Waals surface area contributed by atoms with E-state index in [4.69, 9.17) is 4.74 Å². The molecule has 0 N–H and O–H groups in total. The van der Waals surface area contributed by atoms with Crippen LogP contribution in [0.2, 0.25) is 0 Å². The molecule has 1 heterocycles. The molecule has 1 fully saturated rings. The van der Waals surface area contributed by atoms with Gasteiger partial charge in [-0.1, -0.05) is 36.4 Å². The number of amides is 1. The van der Waals surface area contributed by atoms with Gasteiger partial charge in [-0.15, -0.1) is 4.40 Å². The molecule has 0 saturated carbocycles. The standard InChI is InChI=1S/C20H19FN2O4S2/c1-27-13-7-12-23-19(24)18(14-15-8-5-6-11-17(15)21)28-20(23)22-29(25,26)16-9-3-2-4-10-16/h2-6,8-11,14H,7,12-13H2,1H3. The first-order valence-electron chi connectivity index (χ1n) is 8.77. The topological polar surface area (TPSA) is 76.0 Å².